The van der Waals surface area contributed by atoms with Crippen molar-refractivity contribution < 1.29 is 9.53 Å². The Morgan fingerprint density at radius 1 is 1.33 bits per heavy atom. The molecule has 0 saturated carbocycles. The quantitative estimate of drug-likeness (QED) is 0.849. The first-order chi connectivity index (χ1) is 11.4. The molecule has 24 heavy (non-hydrogen) atoms. The molecule has 0 radical (unpaired) electrons. The van der Waals surface area contributed by atoms with Gasteiger partial charge < -0.3 is 15.0 Å². The van der Waals surface area contributed by atoms with Crippen molar-refractivity contribution in [3.63, 3.8) is 0 Å². The monoisotopic (exact) mass is 330 g/mol. The van der Waals surface area contributed by atoms with E-state index in [0.717, 1.165) is 16.0 Å². The molecule has 0 saturated heterocycles. The van der Waals surface area contributed by atoms with Gasteiger partial charge in [0, 0.05) is 19.7 Å². The third-order valence-electron chi connectivity index (χ3n) is 3.75. The topological polar surface area (TPSA) is 76.5 Å². The van der Waals surface area contributed by atoms with E-state index in [1.165, 1.54) is 19.2 Å². The lowest BCUT2D eigenvalue weighted by atomic mass is 10.1. The fourth-order valence-corrected chi connectivity index (χ4v) is 2.35. The number of aromatic nitrogens is 2. The summed E-state index contributed by atoms with van der Waals surface area (Å²) in [4.78, 5) is 25.6. The zero-order valence-electron chi connectivity index (χ0n) is 14.3. The van der Waals surface area contributed by atoms with Crippen LogP contribution in [0.5, 0.6) is 5.75 Å². The lowest BCUT2D eigenvalue weighted by Gasteiger charge is -2.25. The van der Waals surface area contributed by atoms with Crippen molar-refractivity contribution >= 4 is 5.91 Å². The van der Waals surface area contributed by atoms with Gasteiger partial charge in [0.2, 0.25) is 0 Å². The van der Waals surface area contributed by atoms with E-state index in [2.05, 4.69) is 10.4 Å². The van der Waals surface area contributed by atoms with Crippen LogP contribution in [0.1, 0.15) is 22.1 Å². The molecule has 0 bridgehead atoms. The Bertz CT molecular complexity index is 770. The molecule has 1 N–H and O–H groups in total. The van der Waals surface area contributed by atoms with E-state index < -0.39 is 0 Å². The number of nitrogens with zero attached hydrogens (tertiary/aromatic N) is 3. The Morgan fingerprint density at radius 3 is 2.71 bits per heavy atom. The second kappa shape index (κ2) is 7.74. The SMILES string of the molecule is COc1cccc(C(CNC(=O)c2ccc(=O)n(C)n2)N(C)C)c1. The van der Waals surface area contributed by atoms with Gasteiger partial charge in [0.05, 0.1) is 13.2 Å². The number of hydrogen-bond donors (Lipinski definition) is 1. The second-order valence-electron chi connectivity index (χ2n) is 5.65. The molecule has 7 heteroatoms. The summed E-state index contributed by atoms with van der Waals surface area (Å²) in [5, 5.41) is 6.82. The largest absolute Gasteiger partial charge is 0.497 e. The lowest BCUT2D eigenvalue weighted by Crippen LogP contribution is -2.35. The summed E-state index contributed by atoms with van der Waals surface area (Å²) in [6, 6.07) is 10.5. The molecule has 2 aromatic rings. The van der Waals surface area contributed by atoms with Gasteiger partial charge in [-0.25, -0.2) is 4.68 Å². The van der Waals surface area contributed by atoms with E-state index in [1.54, 1.807) is 7.11 Å². The summed E-state index contributed by atoms with van der Waals surface area (Å²) >= 11 is 0. The molecule has 128 valence electrons. The first-order valence-corrected chi connectivity index (χ1v) is 7.55. The van der Waals surface area contributed by atoms with Crippen molar-refractivity contribution in [1.82, 2.24) is 20.0 Å². The van der Waals surface area contributed by atoms with Crippen molar-refractivity contribution in [1.29, 1.82) is 0 Å². The maximum atomic E-state index is 12.3. The number of carbonyl (C=O) groups excluding carboxylic acids is 1. The van der Waals surface area contributed by atoms with Crippen LogP contribution in [0, 0.1) is 0 Å². The Kier molecular flexibility index (Phi) is 5.70. The van der Waals surface area contributed by atoms with Crippen molar-refractivity contribution in [3.05, 3.63) is 58.0 Å². The number of ether oxygens (including phenoxy) is 1. The Labute approximate surface area is 140 Å². The number of nitrogens with one attached hydrogen (secondary N) is 1. The lowest BCUT2D eigenvalue weighted by molar-refractivity contribution is 0.0934. The third-order valence-corrected chi connectivity index (χ3v) is 3.75. The van der Waals surface area contributed by atoms with Gasteiger partial charge >= 0.3 is 0 Å². The zero-order chi connectivity index (χ0) is 17.7. The average molecular weight is 330 g/mol. The Morgan fingerprint density at radius 2 is 2.08 bits per heavy atom. The van der Waals surface area contributed by atoms with Crippen LogP contribution in [0.3, 0.4) is 0 Å². The first kappa shape index (κ1) is 17.7. The summed E-state index contributed by atoms with van der Waals surface area (Å²) in [5.41, 5.74) is 0.988. The summed E-state index contributed by atoms with van der Waals surface area (Å²) in [5.74, 6) is 0.450. The average Bonchev–Trinajstić information content (AvgIpc) is 2.57. The van der Waals surface area contributed by atoms with Crippen LogP contribution in [0.15, 0.2) is 41.2 Å². The van der Waals surface area contributed by atoms with E-state index in [0.29, 0.717) is 6.54 Å². The van der Waals surface area contributed by atoms with Gasteiger partial charge in [0.1, 0.15) is 11.4 Å². The maximum Gasteiger partial charge on any atom is 0.271 e. The predicted molar refractivity (Wildman–Crippen MR) is 91.2 cm³/mol. The highest BCUT2D eigenvalue weighted by Crippen LogP contribution is 2.22. The number of carbonyl (C=O) groups is 1. The minimum Gasteiger partial charge on any atom is -0.497 e. The molecule has 0 aliphatic heterocycles. The van der Waals surface area contributed by atoms with E-state index in [9.17, 15) is 9.59 Å². The standard InChI is InChI=1S/C17H22N4O3/c1-20(2)15(12-6-5-7-13(10-12)24-4)11-18-17(23)14-8-9-16(22)21(3)19-14/h5-10,15H,11H2,1-4H3,(H,18,23). The minimum atomic E-state index is -0.319. The van der Waals surface area contributed by atoms with Crippen LogP contribution in [0.4, 0.5) is 0 Å². The number of amides is 1. The number of aryl methyl sites for hydroxylation is 1. The van der Waals surface area contributed by atoms with Crippen LogP contribution < -0.4 is 15.6 Å². The predicted octanol–water partition coefficient (Wildman–Crippen LogP) is 0.822. The molecule has 7 nitrogen and oxygen atoms in total. The van der Waals surface area contributed by atoms with Gasteiger partial charge in [-0.2, -0.15) is 5.10 Å². The van der Waals surface area contributed by atoms with Gasteiger partial charge in [0.15, 0.2) is 0 Å². The molecule has 1 atom stereocenters. The normalized spacial score (nSPS) is 12.0. The molecular formula is C17H22N4O3. The number of benzene rings is 1. The Hall–Kier alpha value is -2.67. The minimum absolute atomic E-state index is 0.0171. The molecule has 1 aromatic heterocycles. The van der Waals surface area contributed by atoms with Crippen LogP contribution >= 0.6 is 0 Å². The zero-order valence-corrected chi connectivity index (χ0v) is 14.3. The van der Waals surface area contributed by atoms with Gasteiger partial charge in [0.25, 0.3) is 11.5 Å². The molecule has 1 heterocycles. The maximum absolute atomic E-state index is 12.3. The highest BCUT2D eigenvalue weighted by Gasteiger charge is 2.17. The van der Waals surface area contributed by atoms with Gasteiger partial charge in [-0.15, -0.1) is 0 Å². The molecule has 0 fully saturated rings. The highest BCUT2D eigenvalue weighted by atomic mass is 16.5. The van der Waals surface area contributed by atoms with E-state index in [-0.39, 0.29) is 23.2 Å². The number of methoxy groups -OCH3 is 1. The summed E-state index contributed by atoms with van der Waals surface area (Å²) in [7, 11) is 7.02. The molecule has 1 amide bonds. The summed E-state index contributed by atoms with van der Waals surface area (Å²) in [6.07, 6.45) is 0. The molecule has 1 aromatic carbocycles. The third kappa shape index (κ3) is 4.20. The molecule has 0 aliphatic carbocycles. The molecule has 0 aliphatic rings. The van der Waals surface area contributed by atoms with E-state index in [1.807, 2.05) is 43.3 Å². The number of rotatable bonds is 6. The van der Waals surface area contributed by atoms with Crippen molar-refractivity contribution in [2.24, 2.45) is 7.05 Å². The fraction of sp³-hybridized carbons (Fsp3) is 0.353. The highest BCUT2D eigenvalue weighted by molar-refractivity contribution is 5.92. The van der Waals surface area contributed by atoms with Crippen molar-refractivity contribution in [3.8, 4) is 5.75 Å². The van der Waals surface area contributed by atoms with Crippen molar-refractivity contribution in [2.45, 2.75) is 6.04 Å². The molecule has 1 unspecified atom stereocenters. The van der Waals surface area contributed by atoms with Gasteiger partial charge in [-0.1, -0.05) is 12.1 Å². The fourth-order valence-electron chi connectivity index (χ4n) is 2.35. The van der Waals surface area contributed by atoms with Crippen LogP contribution in [-0.4, -0.2) is 48.3 Å². The number of hydrogen-bond acceptors (Lipinski definition) is 5. The smallest absolute Gasteiger partial charge is 0.271 e. The van der Waals surface area contributed by atoms with E-state index in [4.69, 9.17) is 4.74 Å². The molecule has 0 spiro atoms. The van der Waals surface area contributed by atoms with E-state index >= 15 is 0 Å². The summed E-state index contributed by atoms with van der Waals surface area (Å²) in [6.45, 7) is 0.406. The summed E-state index contributed by atoms with van der Waals surface area (Å²) < 4.78 is 6.40. The molecule has 2 rings (SSSR count). The van der Waals surface area contributed by atoms with Crippen molar-refractivity contribution in [2.75, 3.05) is 27.7 Å². The van der Waals surface area contributed by atoms with Crippen LogP contribution in [-0.2, 0) is 7.05 Å². The first-order valence-electron chi connectivity index (χ1n) is 7.55. The van der Waals surface area contributed by atoms with Gasteiger partial charge in [-0.3, -0.25) is 9.59 Å². The van der Waals surface area contributed by atoms with Gasteiger partial charge in [-0.05, 0) is 37.9 Å². The number of likely N-dealkylation sites (N-methyl/N-ethyl adjacent to an activating group) is 1. The van der Waals surface area contributed by atoms with Crippen LogP contribution in [0.2, 0.25) is 0 Å². The van der Waals surface area contributed by atoms with Crippen LogP contribution in [0.25, 0.3) is 0 Å². The molecular weight excluding hydrogens is 308 g/mol. The Balaban J connectivity index is 2.12. The second-order valence-corrected chi connectivity index (χ2v) is 5.65.